The van der Waals surface area contributed by atoms with Gasteiger partial charge in [-0.05, 0) is 69.2 Å². The molecule has 31 heavy (non-hydrogen) atoms. The molecule has 1 aliphatic heterocycles. The SMILES string of the molecule is C[C@@H](NCCCCc1cnc(N2CC(=S)NC2=O)[nH]1)c1ccc(F)c(OCC2CC2)c1. The molecule has 1 saturated heterocycles. The maximum absolute atomic E-state index is 14.0. The normalized spacial score (nSPS) is 17.2. The molecule has 0 bridgehead atoms. The van der Waals surface area contributed by atoms with Gasteiger partial charge in [0.15, 0.2) is 11.6 Å². The van der Waals surface area contributed by atoms with Crippen LogP contribution in [0.15, 0.2) is 24.4 Å². The molecule has 0 spiro atoms. The van der Waals surface area contributed by atoms with E-state index in [0.717, 1.165) is 37.1 Å². The molecule has 2 aliphatic rings. The van der Waals surface area contributed by atoms with E-state index in [4.69, 9.17) is 17.0 Å². The third kappa shape index (κ3) is 5.80. The fourth-order valence-corrected chi connectivity index (χ4v) is 3.71. The van der Waals surface area contributed by atoms with Gasteiger partial charge in [0.25, 0.3) is 0 Å². The molecule has 2 amide bonds. The van der Waals surface area contributed by atoms with Gasteiger partial charge in [-0.25, -0.2) is 14.2 Å². The van der Waals surface area contributed by atoms with Crippen LogP contribution in [0, 0.1) is 11.7 Å². The van der Waals surface area contributed by atoms with Crippen LogP contribution in [0.4, 0.5) is 15.1 Å². The lowest BCUT2D eigenvalue weighted by atomic mass is 10.1. The zero-order valence-corrected chi connectivity index (χ0v) is 18.4. The van der Waals surface area contributed by atoms with Crippen LogP contribution in [-0.4, -0.2) is 40.7 Å². The Labute approximate surface area is 186 Å². The summed E-state index contributed by atoms with van der Waals surface area (Å²) in [4.78, 5) is 21.3. The molecule has 9 heteroatoms. The molecule has 1 aliphatic carbocycles. The molecular formula is C22H28FN5O2S. The summed E-state index contributed by atoms with van der Waals surface area (Å²) in [7, 11) is 0. The van der Waals surface area contributed by atoms with Crippen LogP contribution in [0.1, 0.15) is 49.9 Å². The van der Waals surface area contributed by atoms with Crippen LogP contribution in [0.5, 0.6) is 5.75 Å². The second kappa shape index (κ2) is 9.74. The molecule has 166 valence electrons. The topological polar surface area (TPSA) is 82.3 Å². The van der Waals surface area contributed by atoms with Gasteiger partial charge in [0.05, 0.1) is 19.3 Å². The predicted molar refractivity (Wildman–Crippen MR) is 121 cm³/mol. The number of halogens is 1. The number of anilines is 1. The summed E-state index contributed by atoms with van der Waals surface area (Å²) < 4.78 is 19.6. The molecule has 1 aromatic heterocycles. The predicted octanol–water partition coefficient (Wildman–Crippen LogP) is 3.87. The minimum Gasteiger partial charge on any atom is -0.490 e. The summed E-state index contributed by atoms with van der Waals surface area (Å²) in [6.45, 7) is 3.89. The number of amides is 2. The van der Waals surface area contributed by atoms with Gasteiger partial charge in [-0.3, -0.25) is 4.90 Å². The van der Waals surface area contributed by atoms with Crippen LogP contribution in [-0.2, 0) is 6.42 Å². The number of benzene rings is 1. The summed E-state index contributed by atoms with van der Waals surface area (Å²) in [6, 6.07) is 4.97. The number of carbonyl (C=O) groups is 1. The Bertz CT molecular complexity index is 946. The number of H-pyrrole nitrogens is 1. The number of unbranched alkanes of at least 4 members (excludes halogenated alkanes) is 1. The zero-order valence-electron chi connectivity index (χ0n) is 17.6. The van der Waals surface area contributed by atoms with Crippen molar-refractivity contribution in [2.45, 2.75) is 45.1 Å². The lowest BCUT2D eigenvalue weighted by molar-refractivity contribution is 0.253. The van der Waals surface area contributed by atoms with Gasteiger partial charge in [-0.1, -0.05) is 18.3 Å². The van der Waals surface area contributed by atoms with E-state index in [2.05, 4.69) is 27.5 Å². The van der Waals surface area contributed by atoms with Crippen LogP contribution in [0.25, 0.3) is 0 Å². The third-order valence-corrected chi connectivity index (χ3v) is 5.85. The van der Waals surface area contributed by atoms with E-state index in [-0.39, 0.29) is 17.9 Å². The summed E-state index contributed by atoms with van der Waals surface area (Å²) >= 11 is 5.03. The van der Waals surface area contributed by atoms with Crippen molar-refractivity contribution in [2.75, 3.05) is 24.6 Å². The molecule has 0 unspecified atom stereocenters. The molecule has 2 heterocycles. The third-order valence-electron chi connectivity index (χ3n) is 5.61. The first-order chi connectivity index (χ1) is 15.0. The van der Waals surface area contributed by atoms with Crippen LogP contribution in [0.2, 0.25) is 0 Å². The Morgan fingerprint density at radius 2 is 2.23 bits per heavy atom. The second-order valence-electron chi connectivity index (χ2n) is 8.25. The number of carbonyl (C=O) groups excluding carboxylic acids is 1. The van der Waals surface area contributed by atoms with Crippen LogP contribution in [0.3, 0.4) is 0 Å². The lowest BCUT2D eigenvalue weighted by Crippen LogP contribution is -2.28. The number of nitrogens with zero attached hydrogens (tertiary/aromatic N) is 2. The van der Waals surface area contributed by atoms with Crippen molar-refractivity contribution >= 4 is 29.2 Å². The zero-order chi connectivity index (χ0) is 21.8. The average molecular weight is 446 g/mol. The molecule has 1 atom stereocenters. The van der Waals surface area contributed by atoms with Crippen molar-refractivity contribution in [2.24, 2.45) is 5.92 Å². The van der Waals surface area contributed by atoms with E-state index < -0.39 is 0 Å². The first-order valence-corrected chi connectivity index (χ1v) is 11.2. The molecule has 2 fully saturated rings. The summed E-state index contributed by atoms with van der Waals surface area (Å²) in [5.74, 6) is 1.16. The van der Waals surface area contributed by atoms with Crippen molar-refractivity contribution in [3.8, 4) is 5.75 Å². The number of hydrogen-bond donors (Lipinski definition) is 3. The largest absolute Gasteiger partial charge is 0.490 e. The quantitative estimate of drug-likeness (QED) is 0.361. The summed E-state index contributed by atoms with van der Waals surface area (Å²) in [6.07, 6.45) is 6.94. The minimum absolute atomic E-state index is 0.111. The van der Waals surface area contributed by atoms with Gasteiger partial charge in [0, 0.05) is 11.7 Å². The number of aryl methyl sites for hydroxylation is 1. The summed E-state index contributed by atoms with van der Waals surface area (Å²) in [5, 5.41) is 6.09. The summed E-state index contributed by atoms with van der Waals surface area (Å²) in [5.41, 5.74) is 2.01. The number of ether oxygens (including phenoxy) is 1. The Balaban J connectivity index is 1.18. The number of imidazole rings is 1. The van der Waals surface area contributed by atoms with Gasteiger partial charge < -0.3 is 20.4 Å². The van der Waals surface area contributed by atoms with Crippen LogP contribution < -0.4 is 20.3 Å². The van der Waals surface area contributed by atoms with E-state index >= 15 is 0 Å². The van der Waals surface area contributed by atoms with Crippen molar-refractivity contribution in [3.05, 3.63) is 41.5 Å². The minimum atomic E-state index is -0.302. The fraction of sp³-hybridized carbons (Fsp3) is 0.500. The Hall–Kier alpha value is -2.52. The van der Waals surface area contributed by atoms with E-state index in [1.807, 2.05) is 12.1 Å². The van der Waals surface area contributed by atoms with Crippen LogP contribution >= 0.6 is 12.2 Å². The number of rotatable bonds is 11. The molecule has 0 radical (unpaired) electrons. The molecule has 2 aromatic rings. The highest BCUT2D eigenvalue weighted by atomic mass is 32.1. The standard InChI is InChI=1S/C22H28FN5O2S/c1-14(16-7-8-18(23)19(10-16)30-13-15-5-6-15)24-9-3-2-4-17-11-25-21(26-17)28-12-20(31)27-22(28)29/h7-8,10-11,14-15,24H,2-6,9,12-13H2,1H3,(H,25,26)(H,27,29,31)/t14-/m1/s1. The number of thiocarbonyl (C=S) groups is 1. The van der Waals surface area contributed by atoms with Crippen molar-refractivity contribution < 1.29 is 13.9 Å². The van der Waals surface area contributed by atoms with Gasteiger partial charge >= 0.3 is 6.03 Å². The molecule has 1 aromatic carbocycles. The van der Waals surface area contributed by atoms with E-state index in [1.165, 1.54) is 23.8 Å². The van der Waals surface area contributed by atoms with Gasteiger partial charge in [-0.2, -0.15) is 0 Å². The van der Waals surface area contributed by atoms with E-state index in [9.17, 15) is 9.18 Å². The fourth-order valence-electron chi connectivity index (χ4n) is 3.49. The van der Waals surface area contributed by atoms with Crippen molar-refractivity contribution in [1.29, 1.82) is 0 Å². The molecule has 3 N–H and O–H groups in total. The average Bonchev–Trinajstić information content (AvgIpc) is 3.36. The lowest BCUT2D eigenvalue weighted by Gasteiger charge is -2.16. The van der Waals surface area contributed by atoms with E-state index in [1.54, 1.807) is 6.20 Å². The van der Waals surface area contributed by atoms with Gasteiger partial charge in [-0.15, -0.1) is 0 Å². The number of nitrogens with one attached hydrogen (secondary N) is 3. The molecule has 4 rings (SSSR count). The molecule has 7 nitrogen and oxygen atoms in total. The maximum Gasteiger partial charge on any atom is 0.329 e. The first kappa shape index (κ1) is 21.7. The first-order valence-electron chi connectivity index (χ1n) is 10.8. The number of hydrogen-bond acceptors (Lipinski definition) is 5. The van der Waals surface area contributed by atoms with Gasteiger partial charge in [0.2, 0.25) is 5.95 Å². The second-order valence-corrected chi connectivity index (χ2v) is 8.74. The highest BCUT2D eigenvalue weighted by molar-refractivity contribution is 7.80. The van der Waals surface area contributed by atoms with E-state index in [0.29, 0.717) is 35.8 Å². The molecule has 1 saturated carbocycles. The van der Waals surface area contributed by atoms with Crippen molar-refractivity contribution in [3.63, 3.8) is 0 Å². The van der Waals surface area contributed by atoms with Gasteiger partial charge in [0.1, 0.15) is 4.99 Å². The smallest absolute Gasteiger partial charge is 0.329 e. The molecular weight excluding hydrogens is 417 g/mol. The Morgan fingerprint density at radius 1 is 1.39 bits per heavy atom. The highest BCUT2D eigenvalue weighted by Crippen LogP contribution is 2.31. The maximum atomic E-state index is 14.0. The number of urea groups is 1. The monoisotopic (exact) mass is 445 g/mol. The highest BCUT2D eigenvalue weighted by Gasteiger charge is 2.27. The number of aromatic amines is 1. The number of aromatic nitrogens is 2. The Kier molecular flexibility index (Phi) is 6.82. The Morgan fingerprint density at radius 3 is 2.97 bits per heavy atom. The van der Waals surface area contributed by atoms with Crippen molar-refractivity contribution in [1.82, 2.24) is 20.6 Å².